The second kappa shape index (κ2) is 9.89. The molecule has 0 spiro atoms. The van der Waals surface area contributed by atoms with Crippen molar-refractivity contribution in [2.45, 2.75) is 37.3 Å². The quantitative estimate of drug-likeness (QED) is 0.694. The van der Waals surface area contributed by atoms with Gasteiger partial charge in [0, 0.05) is 19.7 Å². The molecule has 0 radical (unpaired) electrons. The molecule has 26 heavy (non-hydrogen) atoms. The highest BCUT2D eigenvalue weighted by atomic mass is 35.5. The lowest BCUT2D eigenvalue weighted by atomic mass is 10.1. The van der Waals surface area contributed by atoms with Gasteiger partial charge < -0.3 is 10.5 Å². The van der Waals surface area contributed by atoms with Crippen LogP contribution in [0.1, 0.15) is 30.4 Å². The van der Waals surface area contributed by atoms with Crippen LogP contribution in [0.5, 0.6) is 0 Å². The Balaban J connectivity index is 0.00000338. The van der Waals surface area contributed by atoms with Crippen LogP contribution in [0, 0.1) is 0 Å². The van der Waals surface area contributed by atoms with Gasteiger partial charge in [-0.3, -0.25) is 0 Å². The minimum atomic E-state index is -4.49. The van der Waals surface area contributed by atoms with E-state index in [-0.39, 0.29) is 24.1 Å². The van der Waals surface area contributed by atoms with E-state index in [0.717, 1.165) is 18.6 Å². The van der Waals surface area contributed by atoms with E-state index in [1.165, 1.54) is 16.4 Å². The number of benzene rings is 1. The Morgan fingerprint density at radius 1 is 1.23 bits per heavy atom. The fourth-order valence-electron chi connectivity index (χ4n) is 2.75. The Hall–Kier alpha value is -0.870. The largest absolute Gasteiger partial charge is 0.416 e. The normalized spacial score (nSPS) is 17.1. The summed E-state index contributed by atoms with van der Waals surface area (Å²) in [6, 6.07) is 4.45. The molecule has 0 aliphatic carbocycles. The maximum Gasteiger partial charge on any atom is 0.416 e. The van der Waals surface area contributed by atoms with Crippen molar-refractivity contribution in [3.05, 3.63) is 35.4 Å². The van der Waals surface area contributed by atoms with Gasteiger partial charge in [-0.05, 0) is 37.4 Å². The zero-order valence-corrected chi connectivity index (χ0v) is 15.9. The molecular formula is C16H24ClF3N2O3S. The SMILES string of the molecule is Cl.NCCCOC1CCN(S(=O)(=O)Cc2cccc(C(F)(F)F)c2)CC1. The molecule has 10 heteroatoms. The van der Waals surface area contributed by atoms with Crippen LogP contribution in [-0.2, 0) is 26.7 Å². The minimum absolute atomic E-state index is 0. The molecule has 0 amide bonds. The lowest BCUT2D eigenvalue weighted by Gasteiger charge is -2.31. The molecule has 0 unspecified atom stereocenters. The molecule has 1 heterocycles. The van der Waals surface area contributed by atoms with Crippen LogP contribution in [0.3, 0.4) is 0 Å². The molecule has 0 aromatic heterocycles. The van der Waals surface area contributed by atoms with Crippen molar-refractivity contribution >= 4 is 22.4 Å². The second-order valence-electron chi connectivity index (χ2n) is 6.07. The van der Waals surface area contributed by atoms with Crippen LogP contribution in [-0.4, -0.2) is 45.1 Å². The van der Waals surface area contributed by atoms with Crippen molar-refractivity contribution in [3.8, 4) is 0 Å². The third-order valence-corrected chi connectivity index (χ3v) is 5.95. The van der Waals surface area contributed by atoms with Crippen molar-refractivity contribution in [3.63, 3.8) is 0 Å². The summed E-state index contributed by atoms with van der Waals surface area (Å²) in [6.07, 6.45) is -2.57. The van der Waals surface area contributed by atoms with Gasteiger partial charge in [0.2, 0.25) is 10.0 Å². The van der Waals surface area contributed by atoms with E-state index < -0.39 is 27.5 Å². The molecule has 1 aliphatic heterocycles. The predicted octanol–water partition coefficient (Wildman–Crippen LogP) is 2.79. The Morgan fingerprint density at radius 3 is 2.46 bits per heavy atom. The van der Waals surface area contributed by atoms with E-state index in [2.05, 4.69) is 0 Å². The molecule has 1 aromatic carbocycles. The fourth-order valence-corrected chi connectivity index (χ4v) is 4.30. The molecule has 1 aliphatic rings. The number of hydrogen-bond donors (Lipinski definition) is 1. The van der Waals surface area contributed by atoms with E-state index >= 15 is 0 Å². The van der Waals surface area contributed by atoms with Gasteiger partial charge in [0.15, 0.2) is 0 Å². The monoisotopic (exact) mass is 416 g/mol. The number of sulfonamides is 1. The van der Waals surface area contributed by atoms with Gasteiger partial charge >= 0.3 is 6.18 Å². The van der Waals surface area contributed by atoms with Crippen LogP contribution < -0.4 is 5.73 Å². The first-order valence-electron chi connectivity index (χ1n) is 8.18. The predicted molar refractivity (Wildman–Crippen MR) is 95.5 cm³/mol. The van der Waals surface area contributed by atoms with E-state index in [0.29, 0.717) is 39.1 Å². The Bertz CT molecular complexity index is 663. The number of hydrogen-bond acceptors (Lipinski definition) is 4. The fraction of sp³-hybridized carbons (Fsp3) is 0.625. The maximum absolute atomic E-state index is 12.7. The summed E-state index contributed by atoms with van der Waals surface area (Å²) < 4.78 is 70.1. The van der Waals surface area contributed by atoms with Crippen LogP contribution in [0.2, 0.25) is 0 Å². The molecule has 5 nitrogen and oxygen atoms in total. The average molecular weight is 417 g/mol. The van der Waals surface area contributed by atoms with Crippen LogP contribution >= 0.6 is 12.4 Å². The van der Waals surface area contributed by atoms with Crippen molar-refractivity contribution in [2.24, 2.45) is 5.73 Å². The topological polar surface area (TPSA) is 72.6 Å². The van der Waals surface area contributed by atoms with Crippen molar-refractivity contribution in [2.75, 3.05) is 26.2 Å². The van der Waals surface area contributed by atoms with Gasteiger partial charge in [-0.25, -0.2) is 12.7 Å². The maximum atomic E-state index is 12.7. The number of ether oxygens (including phenoxy) is 1. The minimum Gasteiger partial charge on any atom is -0.378 e. The number of alkyl halides is 3. The number of nitrogens with zero attached hydrogens (tertiary/aromatic N) is 1. The number of halogens is 4. The Morgan fingerprint density at radius 2 is 1.88 bits per heavy atom. The summed E-state index contributed by atoms with van der Waals surface area (Å²) in [5, 5.41) is 0. The van der Waals surface area contributed by atoms with Crippen LogP contribution in [0.15, 0.2) is 24.3 Å². The molecule has 0 saturated carbocycles. The molecule has 1 saturated heterocycles. The van der Waals surface area contributed by atoms with Crippen molar-refractivity contribution < 1.29 is 26.3 Å². The third kappa shape index (κ3) is 6.70. The first-order chi connectivity index (χ1) is 11.7. The number of nitrogens with two attached hydrogens (primary N) is 1. The zero-order valence-electron chi connectivity index (χ0n) is 14.2. The molecular weight excluding hydrogens is 393 g/mol. The first kappa shape index (κ1) is 23.2. The van der Waals surface area contributed by atoms with E-state index in [4.69, 9.17) is 10.5 Å². The Labute approximate surface area is 158 Å². The average Bonchev–Trinajstić information content (AvgIpc) is 2.55. The molecule has 1 fully saturated rings. The number of rotatable bonds is 7. The van der Waals surface area contributed by atoms with E-state index in [1.807, 2.05) is 0 Å². The highest BCUT2D eigenvalue weighted by Crippen LogP contribution is 2.30. The second-order valence-corrected chi connectivity index (χ2v) is 8.03. The summed E-state index contributed by atoms with van der Waals surface area (Å²) in [5.74, 6) is -0.435. The molecule has 0 atom stereocenters. The highest BCUT2D eigenvalue weighted by molar-refractivity contribution is 7.88. The van der Waals surface area contributed by atoms with Crippen molar-refractivity contribution in [1.82, 2.24) is 4.31 Å². The summed E-state index contributed by atoms with van der Waals surface area (Å²) in [5.41, 5.74) is 4.69. The summed E-state index contributed by atoms with van der Waals surface area (Å²) in [4.78, 5) is 0. The molecule has 150 valence electrons. The van der Waals surface area contributed by atoms with Crippen LogP contribution in [0.4, 0.5) is 13.2 Å². The van der Waals surface area contributed by atoms with Gasteiger partial charge in [0.25, 0.3) is 0 Å². The smallest absolute Gasteiger partial charge is 0.378 e. The highest BCUT2D eigenvalue weighted by Gasteiger charge is 2.32. The third-order valence-electron chi connectivity index (χ3n) is 4.10. The number of piperidine rings is 1. The molecule has 1 aromatic rings. The summed E-state index contributed by atoms with van der Waals surface area (Å²) >= 11 is 0. The summed E-state index contributed by atoms with van der Waals surface area (Å²) in [6.45, 7) is 1.73. The zero-order chi connectivity index (χ0) is 18.5. The van der Waals surface area contributed by atoms with Crippen molar-refractivity contribution in [1.29, 1.82) is 0 Å². The van der Waals surface area contributed by atoms with Gasteiger partial charge in [0.1, 0.15) is 0 Å². The van der Waals surface area contributed by atoms with Gasteiger partial charge in [-0.15, -0.1) is 12.4 Å². The lowest BCUT2D eigenvalue weighted by Crippen LogP contribution is -2.41. The molecule has 2 N–H and O–H groups in total. The van der Waals surface area contributed by atoms with Gasteiger partial charge in [-0.1, -0.05) is 18.2 Å². The Kier molecular flexibility index (Phi) is 8.81. The first-order valence-corrected chi connectivity index (χ1v) is 9.79. The van der Waals surface area contributed by atoms with Gasteiger partial charge in [-0.2, -0.15) is 13.2 Å². The van der Waals surface area contributed by atoms with E-state index in [1.54, 1.807) is 0 Å². The lowest BCUT2D eigenvalue weighted by molar-refractivity contribution is -0.137. The molecule has 2 rings (SSSR count). The van der Waals surface area contributed by atoms with E-state index in [9.17, 15) is 21.6 Å². The van der Waals surface area contributed by atoms with Crippen LogP contribution in [0.25, 0.3) is 0 Å². The standard InChI is InChI=1S/C16H23F3N2O3S.ClH/c17-16(18,19)14-4-1-3-13(11-14)12-25(22,23)21-8-5-15(6-9-21)24-10-2-7-20;/h1,3-4,11,15H,2,5-10,12,20H2;1H. The van der Waals surface area contributed by atoms with Gasteiger partial charge in [0.05, 0.1) is 17.4 Å². The molecule has 0 bridgehead atoms. The summed E-state index contributed by atoms with van der Waals surface area (Å²) in [7, 11) is -3.66.